The number of nitrogens with zero attached hydrogens (tertiary/aromatic N) is 1. The second-order valence-corrected chi connectivity index (χ2v) is 6.29. The van der Waals surface area contributed by atoms with Gasteiger partial charge in [-0.15, -0.1) is 0 Å². The van der Waals surface area contributed by atoms with E-state index in [-0.39, 0.29) is 17.2 Å². The fraction of sp³-hybridized carbons (Fsp3) is 0.500. The average Bonchev–Trinajstić information content (AvgIpc) is 3.20. The summed E-state index contributed by atoms with van der Waals surface area (Å²) in [5.41, 5.74) is 0.888. The van der Waals surface area contributed by atoms with E-state index in [1.54, 1.807) is 24.3 Å². The number of hydrogen-bond acceptors (Lipinski definition) is 3. The molecule has 4 nitrogen and oxygen atoms in total. The van der Waals surface area contributed by atoms with Crippen LogP contribution in [-0.2, 0) is 9.53 Å². The van der Waals surface area contributed by atoms with E-state index in [2.05, 4.69) is 11.4 Å². The number of halogens is 1. The highest BCUT2D eigenvalue weighted by Crippen LogP contribution is 2.59. The molecule has 1 aromatic rings. The van der Waals surface area contributed by atoms with E-state index in [1.807, 2.05) is 0 Å². The highest BCUT2D eigenvalue weighted by Gasteiger charge is 2.58. The molecule has 1 aliphatic carbocycles. The van der Waals surface area contributed by atoms with Crippen molar-refractivity contribution >= 4 is 17.5 Å². The van der Waals surface area contributed by atoms with Crippen molar-refractivity contribution in [3.8, 4) is 6.07 Å². The van der Waals surface area contributed by atoms with Crippen LogP contribution in [0, 0.1) is 22.7 Å². The Bertz CT molecular complexity index is 573. The molecule has 0 radical (unpaired) electrons. The lowest BCUT2D eigenvalue weighted by Crippen LogP contribution is -2.32. The summed E-state index contributed by atoms with van der Waals surface area (Å²) >= 11 is 5.84. The van der Waals surface area contributed by atoms with E-state index in [0.717, 1.165) is 38.0 Å². The van der Waals surface area contributed by atoms with Gasteiger partial charge in [-0.05, 0) is 42.4 Å². The molecule has 110 valence electrons. The first-order valence-corrected chi connectivity index (χ1v) is 7.56. The fourth-order valence-electron chi connectivity index (χ4n) is 3.14. The molecule has 0 bridgehead atoms. The zero-order chi connectivity index (χ0) is 14.9. The summed E-state index contributed by atoms with van der Waals surface area (Å²) in [6.07, 6.45) is 2.81. The first-order valence-electron chi connectivity index (χ1n) is 7.18. The van der Waals surface area contributed by atoms with Gasteiger partial charge in [0.05, 0.1) is 6.07 Å². The number of rotatable bonds is 3. The Labute approximate surface area is 129 Å². The summed E-state index contributed by atoms with van der Waals surface area (Å²) in [6, 6.07) is 8.52. The second-order valence-electron chi connectivity index (χ2n) is 5.85. The maximum absolute atomic E-state index is 12.4. The minimum Gasteiger partial charge on any atom is -0.381 e. The van der Waals surface area contributed by atoms with Gasteiger partial charge in [0.2, 0.25) is 5.91 Å². The molecule has 5 heteroatoms. The van der Waals surface area contributed by atoms with E-state index in [0.29, 0.717) is 5.02 Å². The van der Waals surface area contributed by atoms with Crippen LogP contribution < -0.4 is 5.32 Å². The lowest BCUT2D eigenvalue weighted by atomic mass is 9.93. The highest BCUT2D eigenvalue weighted by molar-refractivity contribution is 6.30. The van der Waals surface area contributed by atoms with Crippen LogP contribution in [0.15, 0.2) is 24.3 Å². The molecule has 1 N–H and O–H groups in total. The van der Waals surface area contributed by atoms with Gasteiger partial charge in [-0.3, -0.25) is 4.79 Å². The Morgan fingerprint density at radius 3 is 2.67 bits per heavy atom. The largest absolute Gasteiger partial charge is 0.381 e. The zero-order valence-corrected chi connectivity index (χ0v) is 12.4. The SMILES string of the molecule is N#C[C@H](NC(=O)[C@H]1CC12CCOCC2)c1ccc(Cl)cc1. The molecule has 1 saturated heterocycles. The van der Waals surface area contributed by atoms with Crippen LogP contribution in [0.4, 0.5) is 0 Å². The Kier molecular flexibility index (Phi) is 3.88. The van der Waals surface area contributed by atoms with Crippen molar-refractivity contribution in [1.29, 1.82) is 5.26 Å². The van der Waals surface area contributed by atoms with Crippen molar-refractivity contribution in [1.82, 2.24) is 5.32 Å². The Balaban J connectivity index is 1.64. The molecule has 3 rings (SSSR count). The summed E-state index contributed by atoms with van der Waals surface area (Å²) in [7, 11) is 0. The molecule has 2 atom stereocenters. The van der Waals surface area contributed by atoms with Crippen LogP contribution in [-0.4, -0.2) is 19.1 Å². The van der Waals surface area contributed by atoms with Crippen molar-refractivity contribution in [2.24, 2.45) is 11.3 Å². The predicted octanol–water partition coefficient (Wildman–Crippen LogP) is 2.84. The first kappa shape index (κ1) is 14.4. The molecule has 21 heavy (non-hydrogen) atoms. The zero-order valence-electron chi connectivity index (χ0n) is 11.6. The third kappa shape index (κ3) is 2.90. The third-order valence-corrected chi connectivity index (χ3v) is 4.87. The minimum absolute atomic E-state index is 0.0154. The van der Waals surface area contributed by atoms with Crippen molar-refractivity contribution in [3.63, 3.8) is 0 Å². The van der Waals surface area contributed by atoms with Crippen LogP contribution in [0.25, 0.3) is 0 Å². The quantitative estimate of drug-likeness (QED) is 0.934. The highest BCUT2D eigenvalue weighted by atomic mass is 35.5. The Morgan fingerprint density at radius 1 is 1.38 bits per heavy atom. The van der Waals surface area contributed by atoms with Gasteiger partial charge in [-0.2, -0.15) is 5.26 Å². The van der Waals surface area contributed by atoms with Crippen molar-refractivity contribution < 1.29 is 9.53 Å². The summed E-state index contributed by atoms with van der Waals surface area (Å²) in [6.45, 7) is 1.48. The topological polar surface area (TPSA) is 62.1 Å². The van der Waals surface area contributed by atoms with Crippen molar-refractivity contribution in [2.75, 3.05) is 13.2 Å². The molecular weight excluding hydrogens is 288 g/mol. The van der Waals surface area contributed by atoms with E-state index in [1.165, 1.54) is 0 Å². The lowest BCUT2D eigenvalue weighted by Gasteiger charge is -2.23. The minimum atomic E-state index is -0.618. The van der Waals surface area contributed by atoms with Crippen LogP contribution in [0.2, 0.25) is 5.02 Å². The molecule has 1 heterocycles. The van der Waals surface area contributed by atoms with Gasteiger partial charge >= 0.3 is 0 Å². The Morgan fingerprint density at radius 2 is 2.05 bits per heavy atom. The van der Waals surface area contributed by atoms with Gasteiger partial charge in [-0.25, -0.2) is 0 Å². The molecule has 0 aromatic heterocycles. The fourth-order valence-corrected chi connectivity index (χ4v) is 3.26. The molecule has 1 amide bonds. The molecule has 0 unspecified atom stereocenters. The van der Waals surface area contributed by atoms with Gasteiger partial charge in [0.1, 0.15) is 6.04 Å². The summed E-state index contributed by atoms with van der Waals surface area (Å²) in [4.78, 5) is 12.4. The number of carbonyl (C=O) groups excluding carboxylic acids is 1. The molecular formula is C16H17ClN2O2. The maximum atomic E-state index is 12.4. The number of carbonyl (C=O) groups is 1. The summed E-state index contributed by atoms with van der Waals surface area (Å²) < 4.78 is 5.36. The van der Waals surface area contributed by atoms with Gasteiger partial charge in [0.15, 0.2) is 0 Å². The van der Waals surface area contributed by atoms with Gasteiger partial charge in [0.25, 0.3) is 0 Å². The van der Waals surface area contributed by atoms with Gasteiger partial charge < -0.3 is 10.1 Å². The molecule has 1 aromatic carbocycles. The van der Waals surface area contributed by atoms with Crippen LogP contribution in [0.5, 0.6) is 0 Å². The number of benzene rings is 1. The molecule has 1 spiro atoms. The number of hydrogen-bond donors (Lipinski definition) is 1. The van der Waals surface area contributed by atoms with E-state index in [9.17, 15) is 10.1 Å². The second kappa shape index (κ2) is 5.67. The lowest BCUT2D eigenvalue weighted by molar-refractivity contribution is -0.124. The number of ether oxygens (including phenoxy) is 1. The monoisotopic (exact) mass is 304 g/mol. The Hall–Kier alpha value is -1.57. The van der Waals surface area contributed by atoms with Gasteiger partial charge in [-0.1, -0.05) is 23.7 Å². The number of nitriles is 1. The third-order valence-electron chi connectivity index (χ3n) is 4.61. The smallest absolute Gasteiger partial charge is 0.224 e. The van der Waals surface area contributed by atoms with E-state index < -0.39 is 6.04 Å². The normalized spacial score (nSPS) is 24.1. The van der Waals surface area contributed by atoms with Crippen molar-refractivity contribution in [3.05, 3.63) is 34.9 Å². The number of amides is 1. The predicted molar refractivity (Wildman–Crippen MR) is 78.5 cm³/mol. The van der Waals surface area contributed by atoms with E-state index >= 15 is 0 Å². The average molecular weight is 305 g/mol. The standard InChI is InChI=1S/C16H17ClN2O2/c17-12-3-1-11(2-4-12)14(10-18)19-15(20)13-9-16(13)5-7-21-8-6-16/h1-4,13-14H,5-9H2,(H,19,20)/t13-,14+/m1/s1. The van der Waals surface area contributed by atoms with Gasteiger partial charge in [0, 0.05) is 24.2 Å². The molecule has 1 aliphatic heterocycles. The number of nitrogens with one attached hydrogen (secondary N) is 1. The first-order chi connectivity index (χ1) is 10.1. The van der Waals surface area contributed by atoms with Crippen LogP contribution >= 0.6 is 11.6 Å². The maximum Gasteiger partial charge on any atom is 0.224 e. The van der Waals surface area contributed by atoms with Crippen molar-refractivity contribution in [2.45, 2.75) is 25.3 Å². The molecule has 1 saturated carbocycles. The molecule has 2 aliphatic rings. The van der Waals surface area contributed by atoms with Crippen LogP contribution in [0.3, 0.4) is 0 Å². The summed E-state index contributed by atoms with van der Waals surface area (Å²) in [5, 5.41) is 12.8. The van der Waals surface area contributed by atoms with Crippen LogP contribution in [0.1, 0.15) is 30.9 Å². The summed E-state index contributed by atoms with van der Waals surface area (Å²) in [5.74, 6) is 0.0166. The molecule has 2 fully saturated rings. The van der Waals surface area contributed by atoms with E-state index in [4.69, 9.17) is 16.3 Å².